The minimum atomic E-state index is -0.250. The molecule has 112 valence electrons. The van der Waals surface area contributed by atoms with Crippen molar-refractivity contribution in [2.24, 2.45) is 5.92 Å². The van der Waals surface area contributed by atoms with Crippen molar-refractivity contribution in [2.45, 2.75) is 46.1 Å². The van der Waals surface area contributed by atoms with Gasteiger partial charge in [0.05, 0.1) is 6.10 Å². The summed E-state index contributed by atoms with van der Waals surface area (Å²) in [5, 5.41) is 13.0. The van der Waals surface area contributed by atoms with E-state index in [1.54, 1.807) is 0 Å². The Morgan fingerprint density at radius 1 is 1.40 bits per heavy atom. The van der Waals surface area contributed by atoms with Crippen LogP contribution in [0.2, 0.25) is 0 Å². The first-order valence-corrected chi connectivity index (χ1v) is 7.57. The van der Waals surface area contributed by atoms with Gasteiger partial charge in [0, 0.05) is 37.5 Å². The molecular formula is C15H26N4O. The van der Waals surface area contributed by atoms with Crippen LogP contribution in [-0.2, 0) is 0 Å². The van der Waals surface area contributed by atoms with Crippen LogP contribution in [0.15, 0.2) is 6.07 Å². The molecule has 20 heavy (non-hydrogen) atoms. The molecule has 2 atom stereocenters. The molecule has 0 amide bonds. The smallest absolute Gasteiger partial charge is 0.135 e. The molecule has 1 fully saturated rings. The number of hydrogen-bond acceptors (Lipinski definition) is 5. The maximum atomic E-state index is 9.73. The summed E-state index contributed by atoms with van der Waals surface area (Å²) in [4.78, 5) is 11.5. The Morgan fingerprint density at radius 2 is 2.15 bits per heavy atom. The topological polar surface area (TPSA) is 61.3 Å². The number of nitrogens with zero attached hydrogens (tertiary/aromatic N) is 3. The Hall–Kier alpha value is -1.36. The van der Waals surface area contributed by atoms with Crippen LogP contribution in [0.25, 0.3) is 0 Å². The van der Waals surface area contributed by atoms with Crippen molar-refractivity contribution in [1.82, 2.24) is 9.97 Å². The quantitative estimate of drug-likeness (QED) is 0.865. The molecule has 1 aromatic heterocycles. The fraction of sp³-hybridized carbons (Fsp3) is 0.733. The lowest BCUT2D eigenvalue weighted by atomic mass is 10.0. The van der Waals surface area contributed by atoms with Gasteiger partial charge in [0.1, 0.15) is 17.5 Å². The van der Waals surface area contributed by atoms with Gasteiger partial charge in [0.2, 0.25) is 0 Å². The maximum Gasteiger partial charge on any atom is 0.135 e. The van der Waals surface area contributed by atoms with Crippen molar-refractivity contribution in [3.8, 4) is 0 Å². The minimum Gasteiger partial charge on any atom is -0.393 e. The number of anilines is 2. The molecule has 5 heteroatoms. The number of rotatable bonds is 5. The van der Waals surface area contributed by atoms with Crippen LogP contribution < -0.4 is 10.2 Å². The summed E-state index contributed by atoms with van der Waals surface area (Å²) in [5.74, 6) is 3.39. The van der Waals surface area contributed by atoms with Gasteiger partial charge in [-0.05, 0) is 20.3 Å². The van der Waals surface area contributed by atoms with Crippen LogP contribution in [0.3, 0.4) is 0 Å². The monoisotopic (exact) mass is 278 g/mol. The molecule has 2 N–H and O–H groups in total. The normalized spacial score (nSPS) is 20.5. The second-order valence-corrected chi connectivity index (χ2v) is 5.89. The van der Waals surface area contributed by atoms with Crippen molar-refractivity contribution in [3.05, 3.63) is 11.9 Å². The average molecular weight is 278 g/mol. The molecule has 0 aromatic carbocycles. The third kappa shape index (κ3) is 3.39. The van der Waals surface area contributed by atoms with Crippen molar-refractivity contribution in [2.75, 3.05) is 29.9 Å². The summed E-state index contributed by atoms with van der Waals surface area (Å²) in [7, 11) is 0. The fourth-order valence-electron chi connectivity index (χ4n) is 2.53. The number of nitrogens with one attached hydrogen (secondary N) is 1. The van der Waals surface area contributed by atoms with Crippen LogP contribution in [0.1, 0.15) is 45.9 Å². The third-order valence-corrected chi connectivity index (χ3v) is 3.84. The summed E-state index contributed by atoms with van der Waals surface area (Å²) >= 11 is 0. The van der Waals surface area contributed by atoms with Gasteiger partial charge in [-0.3, -0.25) is 0 Å². The largest absolute Gasteiger partial charge is 0.393 e. The van der Waals surface area contributed by atoms with Crippen LogP contribution >= 0.6 is 0 Å². The molecule has 0 saturated carbocycles. The van der Waals surface area contributed by atoms with Crippen molar-refractivity contribution in [1.29, 1.82) is 0 Å². The summed E-state index contributed by atoms with van der Waals surface area (Å²) in [6, 6.07) is 2.01. The summed E-state index contributed by atoms with van der Waals surface area (Å²) in [6.07, 6.45) is 0.773. The number of aliphatic hydroxyl groups excluding tert-OH is 1. The molecule has 0 spiro atoms. The van der Waals surface area contributed by atoms with Gasteiger partial charge in [0.25, 0.3) is 0 Å². The van der Waals surface area contributed by atoms with Gasteiger partial charge in [-0.2, -0.15) is 0 Å². The van der Waals surface area contributed by atoms with Gasteiger partial charge in [0.15, 0.2) is 0 Å². The SMILES string of the molecule is CCNc1cc(N2CCC(C(C)O)C2)nc(C(C)C)n1. The molecule has 2 heterocycles. The van der Waals surface area contributed by atoms with E-state index in [1.807, 2.05) is 13.0 Å². The van der Waals surface area contributed by atoms with Crippen LogP contribution in [0, 0.1) is 5.92 Å². The molecule has 1 aliphatic rings. The van der Waals surface area contributed by atoms with Crippen LogP contribution in [0.5, 0.6) is 0 Å². The Labute approximate surface area is 121 Å². The Bertz CT molecular complexity index is 447. The minimum absolute atomic E-state index is 0.250. The average Bonchev–Trinajstić information content (AvgIpc) is 2.88. The van der Waals surface area contributed by atoms with Gasteiger partial charge in [-0.25, -0.2) is 9.97 Å². The Morgan fingerprint density at radius 3 is 2.70 bits per heavy atom. The van der Waals surface area contributed by atoms with E-state index in [0.717, 1.165) is 43.5 Å². The molecule has 0 radical (unpaired) electrons. The molecule has 1 aromatic rings. The zero-order valence-electron chi connectivity index (χ0n) is 12.9. The Balaban J connectivity index is 2.22. The summed E-state index contributed by atoms with van der Waals surface area (Å²) < 4.78 is 0. The predicted octanol–water partition coefficient (Wildman–Crippen LogP) is 2.24. The van der Waals surface area contributed by atoms with E-state index in [9.17, 15) is 5.11 Å². The maximum absolute atomic E-state index is 9.73. The van der Waals surface area contributed by atoms with E-state index in [0.29, 0.717) is 11.8 Å². The van der Waals surface area contributed by atoms with Crippen LogP contribution in [0.4, 0.5) is 11.6 Å². The van der Waals surface area contributed by atoms with E-state index in [-0.39, 0.29) is 6.10 Å². The molecule has 0 bridgehead atoms. The molecule has 1 aliphatic heterocycles. The van der Waals surface area contributed by atoms with Crippen molar-refractivity contribution < 1.29 is 5.11 Å². The van der Waals surface area contributed by atoms with Gasteiger partial charge < -0.3 is 15.3 Å². The predicted molar refractivity (Wildman–Crippen MR) is 82.3 cm³/mol. The number of aromatic nitrogens is 2. The standard InChI is InChI=1S/C15H26N4O/c1-5-16-13-8-14(18-15(17-13)10(2)3)19-7-6-12(9-19)11(4)20/h8,10-12,20H,5-7,9H2,1-4H3,(H,16,17,18). The number of hydrogen-bond donors (Lipinski definition) is 2. The van der Waals surface area contributed by atoms with Gasteiger partial charge in [-0.15, -0.1) is 0 Å². The lowest BCUT2D eigenvalue weighted by Gasteiger charge is -2.20. The van der Waals surface area contributed by atoms with E-state index in [4.69, 9.17) is 0 Å². The molecule has 0 aliphatic carbocycles. The first-order valence-electron chi connectivity index (χ1n) is 7.57. The van der Waals surface area contributed by atoms with E-state index < -0.39 is 0 Å². The van der Waals surface area contributed by atoms with Crippen molar-refractivity contribution >= 4 is 11.6 Å². The van der Waals surface area contributed by atoms with Crippen molar-refractivity contribution in [3.63, 3.8) is 0 Å². The zero-order valence-corrected chi connectivity index (χ0v) is 12.9. The fourth-order valence-corrected chi connectivity index (χ4v) is 2.53. The summed E-state index contributed by atoms with van der Waals surface area (Å²) in [5.41, 5.74) is 0. The molecule has 5 nitrogen and oxygen atoms in total. The lowest BCUT2D eigenvalue weighted by molar-refractivity contribution is 0.136. The highest BCUT2D eigenvalue weighted by molar-refractivity contribution is 5.50. The molecule has 1 saturated heterocycles. The van der Waals surface area contributed by atoms with E-state index >= 15 is 0 Å². The second kappa shape index (κ2) is 6.39. The molecule has 2 unspecified atom stereocenters. The highest BCUT2D eigenvalue weighted by Gasteiger charge is 2.27. The first-order chi connectivity index (χ1) is 9.51. The lowest BCUT2D eigenvalue weighted by Crippen LogP contribution is -2.25. The van der Waals surface area contributed by atoms with Crippen LogP contribution in [-0.4, -0.2) is 40.8 Å². The molecular weight excluding hydrogens is 252 g/mol. The summed E-state index contributed by atoms with van der Waals surface area (Å²) in [6.45, 7) is 10.8. The highest BCUT2D eigenvalue weighted by atomic mass is 16.3. The highest BCUT2D eigenvalue weighted by Crippen LogP contribution is 2.27. The van der Waals surface area contributed by atoms with Gasteiger partial charge >= 0.3 is 0 Å². The second-order valence-electron chi connectivity index (χ2n) is 5.89. The zero-order chi connectivity index (χ0) is 14.7. The number of aliphatic hydroxyl groups is 1. The third-order valence-electron chi connectivity index (χ3n) is 3.84. The van der Waals surface area contributed by atoms with Gasteiger partial charge in [-0.1, -0.05) is 13.8 Å². The first kappa shape index (κ1) is 15.0. The molecule has 2 rings (SSSR count). The van der Waals surface area contributed by atoms with E-state index in [1.165, 1.54) is 0 Å². The Kier molecular flexibility index (Phi) is 4.81. The van der Waals surface area contributed by atoms with E-state index in [2.05, 4.69) is 41.0 Å².